The first-order valence-corrected chi connectivity index (χ1v) is 6.81. The highest BCUT2D eigenvalue weighted by Crippen LogP contribution is 2.25. The summed E-state index contributed by atoms with van der Waals surface area (Å²) in [5.41, 5.74) is 2.73. The van der Waals surface area contributed by atoms with Crippen LogP contribution in [-0.2, 0) is 17.7 Å². The van der Waals surface area contributed by atoms with Crippen LogP contribution in [0, 0.1) is 0 Å². The van der Waals surface area contributed by atoms with Gasteiger partial charge in [-0.3, -0.25) is 0 Å². The van der Waals surface area contributed by atoms with Gasteiger partial charge in [0.25, 0.3) is 0 Å². The molecule has 17 heavy (non-hydrogen) atoms. The zero-order valence-corrected chi connectivity index (χ0v) is 12.0. The van der Waals surface area contributed by atoms with E-state index in [0.29, 0.717) is 0 Å². The van der Waals surface area contributed by atoms with Gasteiger partial charge in [0.2, 0.25) is 0 Å². The van der Waals surface area contributed by atoms with Crippen LogP contribution in [0.4, 0.5) is 0 Å². The zero-order chi connectivity index (χ0) is 12.3. The molecule has 1 heterocycles. The van der Waals surface area contributed by atoms with Gasteiger partial charge in [0.1, 0.15) is 0 Å². The molecule has 1 aromatic heterocycles. The Morgan fingerprint density at radius 1 is 1.35 bits per heavy atom. The van der Waals surface area contributed by atoms with Crippen LogP contribution in [0.1, 0.15) is 18.9 Å². The smallest absolute Gasteiger partial charge is 0.0494 e. The predicted octanol–water partition coefficient (Wildman–Crippen LogP) is 4.00. The van der Waals surface area contributed by atoms with E-state index in [1.807, 2.05) is 0 Å². The van der Waals surface area contributed by atoms with Gasteiger partial charge in [-0.1, -0.05) is 28.9 Å². The first-order valence-electron chi connectivity index (χ1n) is 6.02. The summed E-state index contributed by atoms with van der Waals surface area (Å²) < 4.78 is 8.58. The number of benzene rings is 1. The summed E-state index contributed by atoms with van der Waals surface area (Å²) in [6.07, 6.45) is 4.40. The molecule has 0 unspecified atom stereocenters. The molecule has 0 saturated heterocycles. The van der Waals surface area contributed by atoms with Gasteiger partial charge >= 0.3 is 0 Å². The van der Waals surface area contributed by atoms with Crippen LogP contribution in [0.2, 0.25) is 0 Å². The number of rotatable bonds is 5. The Hall–Kier alpha value is -0.800. The molecular formula is C14H18BrNO. The molecule has 2 rings (SSSR count). The lowest BCUT2D eigenvalue weighted by molar-refractivity contribution is 0.190. The Labute approximate surface area is 111 Å². The van der Waals surface area contributed by atoms with Crippen molar-refractivity contribution in [2.45, 2.75) is 26.3 Å². The van der Waals surface area contributed by atoms with Crippen molar-refractivity contribution in [1.82, 2.24) is 4.57 Å². The van der Waals surface area contributed by atoms with Crippen LogP contribution in [0.3, 0.4) is 0 Å². The second-order valence-electron chi connectivity index (χ2n) is 4.21. The summed E-state index contributed by atoms with van der Waals surface area (Å²) in [5, 5.41) is 1.37. The minimum absolute atomic E-state index is 0.815. The molecule has 0 bridgehead atoms. The van der Waals surface area contributed by atoms with Crippen LogP contribution < -0.4 is 0 Å². The second-order valence-corrected chi connectivity index (χ2v) is 5.12. The van der Waals surface area contributed by atoms with Crippen LogP contribution >= 0.6 is 15.9 Å². The van der Waals surface area contributed by atoms with Gasteiger partial charge in [0.05, 0.1) is 0 Å². The lowest BCUT2D eigenvalue weighted by atomic mass is 10.1. The minimum Gasteiger partial charge on any atom is -0.385 e. The number of ether oxygens (including phenoxy) is 1. The van der Waals surface area contributed by atoms with E-state index in [9.17, 15) is 0 Å². The number of hydrogen-bond donors (Lipinski definition) is 0. The van der Waals surface area contributed by atoms with Gasteiger partial charge in [-0.15, -0.1) is 0 Å². The number of hydrogen-bond acceptors (Lipinski definition) is 1. The summed E-state index contributed by atoms with van der Waals surface area (Å²) in [5.74, 6) is 0. The molecule has 3 heteroatoms. The number of nitrogens with zero attached hydrogens (tertiary/aromatic N) is 1. The van der Waals surface area contributed by atoms with E-state index in [4.69, 9.17) is 4.74 Å². The Kier molecular flexibility index (Phi) is 4.24. The van der Waals surface area contributed by atoms with Gasteiger partial charge in [0, 0.05) is 41.8 Å². The molecule has 0 spiro atoms. The van der Waals surface area contributed by atoms with Gasteiger partial charge in [0.15, 0.2) is 0 Å². The maximum atomic E-state index is 5.11. The SMILES string of the molecule is CCc1cn(CCCOC)c2cc(Br)ccc12. The van der Waals surface area contributed by atoms with E-state index in [1.54, 1.807) is 7.11 Å². The van der Waals surface area contributed by atoms with Gasteiger partial charge in [-0.05, 0) is 30.5 Å². The molecule has 0 atom stereocenters. The standard InChI is InChI=1S/C14H18BrNO/c1-3-11-10-16(7-4-8-17-2)14-9-12(15)5-6-13(11)14/h5-6,9-10H,3-4,7-8H2,1-2H3. The second kappa shape index (κ2) is 5.69. The average molecular weight is 296 g/mol. The van der Waals surface area contributed by atoms with E-state index < -0.39 is 0 Å². The molecule has 0 N–H and O–H groups in total. The average Bonchev–Trinajstić information content (AvgIpc) is 2.67. The summed E-state index contributed by atoms with van der Waals surface area (Å²) in [7, 11) is 1.75. The van der Waals surface area contributed by atoms with Crippen molar-refractivity contribution in [3.63, 3.8) is 0 Å². The third-order valence-electron chi connectivity index (χ3n) is 3.06. The summed E-state index contributed by atoms with van der Waals surface area (Å²) in [6.45, 7) is 4.03. The summed E-state index contributed by atoms with van der Waals surface area (Å²) >= 11 is 3.54. The van der Waals surface area contributed by atoms with Crippen LogP contribution in [0.25, 0.3) is 10.9 Å². The van der Waals surface area contributed by atoms with E-state index >= 15 is 0 Å². The molecule has 1 aromatic carbocycles. The highest BCUT2D eigenvalue weighted by Gasteiger charge is 2.07. The summed E-state index contributed by atoms with van der Waals surface area (Å²) in [4.78, 5) is 0. The highest BCUT2D eigenvalue weighted by molar-refractivity contribution is 9.10. The lowest BCUT2D eigenvalue weighted by Gasteiger charge is -2.04. The molecule has 0 fully saturated rings. The van der Waals surface area contributed by atoms with E-state index in [1.165, 1.54) is 16.5 Å². The number of halogens is 1. The molecule has 92 valence electrons. The monoisotopic (exact) mass is 295 g/mol. The molecule has 0 aliphatic rings. The van der Waals surface area contributed by atoms with E-state index in [2.05, 4.69) is 51.8 Å². The van der Waals surface area contributed by atoms with Crippen molar-refractivity contribution in [3.05, 3.63) is 34.4 Å². The molecule has 0 aliphatic heterocycles. The Morgan fingerprint density at radius 3 is 2.88 bits per heavy atom. The number of methoxy groups -OCH3 is 1. The number of aromatic nitrogens is 1. The van der Waals surface area contributed by atoms with E-state index in [0.717, 1.165) is 30.5 Å². The Morgan fingerprint density at radius 2 is 2.18 bits per heavy atom. The first kappa shape index (κ1) is 12.7. The largest absolute Gasteiger partial charge is 0.385 e. The quantitative estimate of drug-likeness (QED) is 0.761. The molecule has 0 saturated carbocycles. The first-order chi connectivity index (χ1) is 8.26. The van der Waals surface area contributed by atoms with Crippen LogP contribution in [-0.4, -0.2) is 18.3 Å². The van der Waals surface area contributed by atoms with Crippen molar-refractivity contribution >= 4 is 26.8 Å². The number of fused-ring (bicyclic) bond motifs is 1. The molecule has 0 radical (unpaired) electrons. The van der Waals surface area contributed by atoms with Gasteiger partial charge < -0.3 is 9.30 Å². The topological polar surface area (TPSA) is 14.2 Å². The minimum atomic E-state index is 0.815. The normalized spacial score (nSPS) is 11.2. The zero-order valence-electron chi connectivity index (χ0n) is 10.4. The van der Waals surface area contributed by atoms with Crippen LogP contribution in [0.5, 0.6) is 0 Å². The van der Waals surface area contributed by atoms with Crippen LogP contribution in [0.15, 0.2) is 28.9 Å². The molecule has 2 aromatic rings. The highest BCUT2D eigenvalue weighted by atomic mass is 79.9. The molecule has 0 amide bonds. The maximum Gasteiger partial charge on any atom is 0.0494 e. The third kappa shape index (κ3) is 2.72. The third-order valence-corrected chi connectivity index (χ3v) is 3.55. The lowest BCUT2D eigenvalue weighted by Crippen LogP contribution is -1.99. The van der Waals surface area contributed by atoms with Crippen molar-refractivity contribution in [2.75, 3.05) is 13.7 Å². The Bertz CT molecular complexity index is 504. The summed E-state index contributed by atoms with van der Waals surface area (Å²) in [6, 6.07) is 6.51. The van der Waals surface area contributed by atoms with Gasteiger partial charge in [-0.25, -0.2) is 0 Å². The Balaban J connectivity index is 2.36. The van der Waals surface area contributed by atoms with Gasteiger partial charge in [-0.2, -0.15) is 0 Å². The van der Waals surface area contributed by atoms with Crippen molar-refractivity contribution < 1.29 is 4.74 Å². The van der Waals surface area contributed by atoms with Crippen molar-refractivity contribution in [3.8, 4) is 0 Å². The molecular weight excluding hydrogens is 278 g/mol. The van der Waals surface area contributed by atoms with Crippen molar-refractivity contribution in [2.24, 2.45) is 0 Å². The predicted molar refractivity (Wildman–Crippen MR) is 75.5 cm³/mol. The van der Waals surface area contributed by atoms with E-state index in [-0.39, 0.29) is 0 Å². The fourth-order valence-corrected chi connectivity index (χ4v) is 2.54. The maximum absolute atomic E-state index is 5.11. The molecule has 2 nitrogen and oxygen atoms in total. The fraction of sp³-hybridized carbons (Fsp3) is 0.429. The number of aryl methyl sites for hydroxylation is 2. The van der Waals surface area contributed by atoms with Crippen molar-refractivity contribution in [1.29, 1.82) is 0 Å². The fourth-order valence-electron chi connectivity index (χ4n) is 2.19. The molecule has 0 aliphatic carbocycles.